The summed E-state index contributed by atoms with van der Waals surface area (Å²) in [6.07, 6.45) is 1.82. The first kappa shape index (κ1) is 15.0. The van der Waals surface area contributed by atoms with Crippen molar-refractivity contribution in [2.24, 2.45) is 0 Å². The number of fused-ring (bicyclic) bond motifs is 1. The van der Waals surface area contributed by atoms with E-state index in [9.17, 15) is 0 Å². The third-order valence-electron chi connectivity index (χ3n) is 4.29. The Balaban J connectivity index is 1.87. The molecule has 1 aliphatic heterocycles. The molecule has 3 aromatic rings. The number of aromatic nitrogens is 5. The van der Waals surface area contributed by atoms with Gasteiger partial charge in [-0.2, -0.15) is 5.21 Å². The summed E-state index contributed by atoms with van der Waals surface area (Å²) in [5.74, 6) is 1.44. The first-order valence-electron chi connectivity index (χ1n) is 7.84. The van der Waals surface area contributed by atoms with Crippen LogP contribution in [0.5, 0.6) is 5.75 Å². The number of tetrazole rings is 1. The number of H-pyrrole nitrogens is 1. The van der Waals surface area contributed by atoms with E-state index in [0.29, 0.717) is 19.0 Å². The summed E-state index contributed by atoms with van der Waals surface area (Å²) < 4.78 is 10.9. The minimum Gasteiger partial charge on any atom is -0.497 e. The van der Waals surface area contributed by atoms with Gasteiger partial charge < -0.3 is 9.47 Å². The van der Waals surface area contributed by atoms with Gasteiger partial charge in [-0.25, -0.2) is 0 Å². The average molecular weight is 326 g/mol. The number of pyridine rings is 1. The molecule has 0 bridgehead atoms. The molecule has 124 valence electrons. The first-order valence-corrected chi connectivity index (χ1v) is 7.84. The second-order valence-corrected chi connectivity index (χ2v) is 5.60. The van der Waals surface area contributed by atoms with Gasteiger partial charge in [0.25, 0.3) is 0 Å². The Bertz CT molecular complexity index is 817. The molecule has 0 saturated carbocycles. The number of benzene rings is 1. The second-order valence-electron chi connectivity index (χ2n) is 5.60. The van der Waals surface area contributed by atoms with Gasteiger partial charge in [-0.15, -0.1) is 10.2 Å². The minimum absolute atomic E-state index is 0.106. The molecule has 1 unspecified atom stereocenters. The number of hydrogen-bond acceptors (Lipinski definition) is 7. The monoisotopic (exact) mass is 326 g/mol. The Kier molecular flexibility index (Phi) is 4.06. The van der Waals surface area contributed by atoms with E-state index in [1.807, 2.05) is 30.5 Å². The molecule has 1 N–H and O–H groups in total. The van der Waals surface area contributed by atoms with E-state index in [1.54, 1.807) is 7.11 Å². The summed E-state index contributed by atoms with van der Waals surface area (Å²) in [5, 5.41) is 15.8. The standard InChI is InChI=1S/C16H18N6O2/c1-23-11-2-3-14-13(10-11)12(4-5-17-14)15(16-18-20-21-19-16)22-6-8-24-9-7-22/h2-5,10,15H,6-9H2,1H3,(H,18,19,20,21). The molecular weight excluding hydrogens is 308 g/mol. The van der Waals surface area contributed by atoms with E-state index in [0.717, 1.165) is 35.3 Å². The van der Waals surface area contributed by atoms with Crippen LogP contribution in [0.4, 0.5) is 0 Å². The number of methoxy groups -OCH3 is 1. The number of rotatable bonds is 4. The smallest absolute Gasteiger partial charge is 0.196 e. The van der Waals surface area contributed by atoms with E-state index in [1.165, 1.54) is 0 Å². The van der Waals surface area contributed by atoms with Gasteiger partial charge in [-0.3, -0.25) is 9.88 Å². The van der Waals surface area contributed by atoms with Crippen molar-refractivity contribution in [2.75, 3.05) is 33.4 Å². The largest absolute Gasteiger partial charge is 0.497 e. The van der Waals surface area contributed by atoms with Crippen LogP contribution in [0.2, 0.25) is 0 Å². The number of nitrogens with one attached hydrogen (secondary N) is 1. The lowest BCUT2D eigenvalue weighted by molar-refractivity contribution is 0.0227. The minimum atomic E-state index is -0.106. The maximum Gasteiger partial charge on any atom is 0.196 e. The number of ether oxygens (including phenoxy) is 2. The highest BCUT2D eigenvalue weighted by molar-refractivity contribution is 5.84. The molecule has 1 fully saturated rings. The fraction of sp³-hybridized carbons (Fsp3) is 0.375. The highest BCUT2D eigenvalue weighted by atomic mass is 16.5. The van der Waals surface area contributed by atoms with Crippen LogP contribution in [-0.2, 0) is 4.74 Å². The van der Waals surface area contributed by atoms with E-state index < -0.39 is 0 Å². The van der Waals surface area contributed by atoms with Gasteiger partial charge in [0, 0.05) is 24.7 Å². The molecule has 0 radical (unpaired) electrons. The lowest BCUT2D eigenvalue weighted by Gasteiger charge is -2.33. The fourth-order valence-electron chi connectivity index (χ4n) is 3.13. The summed E-state index contributed by atoms with van der Waals surface area (Å²) in [6.45, 7) is 3.02. The molecule has 2 aromatic heterocycles. The normalized spacial score (nSPS) is 17.0. The molecule has 3 heterocycles. The third-order valence-corrected chi connectivity index (χ3v) is 4.29. The molecule has 8 nitrogen and oxygen atoms in total. The van der Waals surface area contributed by atoms with Crippen LogP contribution in [0.25, 0.3) is 10.9 Å². The van der Waals surface area contributed by atoms with E-state index in [2.05, 4.69) is 30.5 Å². The van der Waals surface area contributed by atoms with Gasteiger partial charge in [0.05, 0.1) is 25.8 Å². The van der Waals surface area contributed by atoms with Crippen LogP contribution in [0.3, 0.4) is 0 Å². The van der Waals surface area contributed by atoms with Crippen LogP contribution in [0.15, 0.2) is 30.5 Å². The van der Waals surface area contributed by atoms with Gasteiger partial charge >= 0.3 is 0 Å². The molecule has 0 amide bonds. The average Bonchev–Trinajstić information content (AvgIpc) is 3.17. The summed E-state index contributed by atoms with van der Waals surface area (Å²) in [4.78, 5) is 6.77. The number of hydrogen-bond donors (Lipinski definition) is 1. The van der Waals surface area contributed by atoms with Crippen molar-refractivity contribution in [2.45, 2.75) is 6.04 Å². The third kappa shape index (κ3) is 2.70. The lowest BCUT2D eigenvalue weighted by Crippen LogP contribution is -2.40. The molecule has 1 atom stereocenters. The van der Waals surface area contributed by atoms with Crippen LogP contribution >= 0.6 is 0 Å². The quantitative estimate of drug-likeness (QED) is 0.770. The van der Waals surface area contributed by atoms with Gasteiger partial charge in [0.2, 0.25) is 0 Å². The Morgan fingerprint density at radius 3 is 2.88 bits per heavy atom. The Morgan fingerprint density at radius 1 is 1.25 bits per heavy atom. The van der Waals surface area contributed by atoms with Crippen molar-refractivity contribution in [1.29, 1.82) is 0 Å². The van der Waals surface area contributed by atoms with Gasteiger partial charge in [-0.1, -0.05) is 5.21 Å². The molecular formula is C16H18N6O2. The highest BCUT2D eigenvalue weighted by Crippen LogP contribution is 2.33. The molecule has 1 aliphatic rings. The predicted molar refractivity (Wildman–Crippen MR) is 86.7 cm³/mol. The number of nitrogens with zero attached hydrogens (tertiary/aromatic N) is 5. The molecule has 1 aromatic carbocycles. The molecule has 8 heteroatoms. The summed E-state index contributed by atoms with van der Waals surface area (Å²) in [7, 11) is 1.66. The second kappa shape index (κ2) is 6.50. The van der Waals surface area contributed by atoms with Gasteiger partial charge in [-0.05, 0) is 29.8 Å². The van der Waals surface area contributed by atoms with Gasteiger partial charge in [0.1, 0.15) is 11.8 Å². The molecule has 0 spiro atoms. The van der Waals surface area contributed by atoms with Crippen LogP contribution in [0.1, 0.15) is 17.4 Å². The molecule has 4 rings (SSSR count). The van der Waals surface area contributed by atoms with E-state index in [4.69, 9.17) is 9.47 Å². The maximum absolute atomic E-state index is 5.49. The zero-order valence-corrected chi connectivity index (χ0v) is 13.3. The van der Waals surface area contributed by atoms with Crippen molar-refractivity contribution >= 4 is 10.9 Å². The Morgan fingerprint density at radius 2 is 2.12 bits per heavy atom. The molecule has 24 heavy (non-hydrogen) atoms. The highest BCUT2D eigenvalue weighted by Gasteiger charge is 2.29. The predicted octanol–water partition coefficient (Wildman–Crippen LogP) is 1.18. The fourth-order valence-corrected chi connectivity index (χ4v) is 3.13. The van der Waals surface area contributed by atoms with Crippen molar-refractivity contribution < 1.29 is 9.47 Å². The zero-order valence-electron chi connectivity index (χ0n) is 13.3. The van der Waals surface area contributed by atoms with Crippen LogP contribution in [-0.4, -0.2) is 63.9 Å². The van der Waals surface area contributed by atoms with Crippen LogP contribution in [0, 0.1) is 0 Å². The van der Waals surface area contributed by atoms with Crippen molar-refractivity contribution in [3.63, 3.8) is 0 Å². The first-order chi connectivity index (χ1) is 11.9. The number of morpholine rings is 1. The summed E-state index contributed by atoms with van der Waals surface area (Å²) >= 11 is 0. The maximum atomic E-state index is 5.49. The van der Waals surface area contributed by atoms with Crippen LogP contribution < -0.4 is 4.74 Å². The molecule has 0 aliphatic carbocycles. The SMILES string of the molecule is COc1ccc2nccc(C(c3nn[nH]n3)N3CCOCC3)c2c1. The lowest BCUT2D eigenvalue weighted by atomic mass is 9.99. The van der Waals surface area contributed by atoms with E-state index in [-0.39, 0.29) is 6.04 Å². The van der Waals surface area contributed by atoms with Crippen molar-refractivity contribution in [3.8, 4) is 5.75 Å². The zero-order chi connectivity index (χ0) is 16.4. The van der Waals surface area contributed by atoms with Crippen molar-refractivity contribution in [1.82, 2.24) is 30.5 Å². The van der Waals surface area contributed by atoms with Gasteiger partial charge in [0.15, 0.2) is 5.82 Å². The summed E-state index contributed by atoms with van der Waals surface area (Å²) in [6, 6.07) is 7.79. The Hall–Kier alpha value is -2.58. The summed E-state index contributed by atoms with van der Waals surface area (Å²) in [5.41, 5.74) is 2.00. The van der Waals surface area contributed by atoms with E-state index >= 15 is 0 Å². The topological polar surface area (TPSA) is 89.1 Å². The Labute approximate surface area is 138 Å². The molecule has 1 saturated heterocycles. The number of aromatic amines is 1. The van der Waals surface area contributed by atoms with Crippen molar-refractivity contribution in [3.05, 3.63) is 41.9 Å².